The van der Waals surface area contributed by atoms with Crippen LogP contribution in [-0.4, -0.2) is 29.6 Å². The van der Waals surface area contributed by atoms with Gasteiger partial charge in [-0.3, -0.25) is 10.0 Å². The number of likely N-dealkylation sites (N-methyl/N-ethyl adjacent to an activating group) is 1. The second kappa shape index (κ2) is 5.84. The van der Waals surface area contributed by atoms with Gasteiger partial charge in [-0.25, -0.2) is 0 Å². The Balaban J connectivity index is 2.64. The van der Waals surface area contributed by atoms with Gasteiger partial charge < -0.3 is 15.3 Å². The topological polar surface area (TPSA) is 90.6 Å². The average Bonchev–Trinajstić information content (AvgIpc) is 2.30. The molecule has 0 radical (unpaired) electrons. The molecular weight excluding hydrogens is 222 g/mol. The highest BCUT2D eigenvalue weighted by Gasteiger charge is 2.08. The van der Waals surface area contributed by atoms with Gasteiger partial charge in [0, 0.05) is 7.05 Å². The van der Waals surface area contributed by atoms with E-state index < -0.39 is 0 Å². The fourth-order valence-electron chi connectivity index (χ4n) is 1.25. The van der Waals surface area contributed by atoms with E-state index in [-0.39, 0.29) is 29.8 Å². The first kappa shape index (κ1) is 13.0. The number of benzene rings is 1. The van der Waals surface area contributed by atoms with E-state index in [1.54, 1.807) is 19.2 Å². The molecule has 0 aliphatic heterocycles. The minimum Gasteiger partial charge on any atom is -0.733 e. The largest absolute Gasteiger partial charge is 0.733 e. The highest BCUT2D eigenvalue weighted by molar-refractivity contribution is 5.78. The van der Waals surface area contributed by atoms with Crippen molar-refractivity contribution in [3.63, 3.8) is 0 Å². The summed E-state index contributed by atoms with van der Waals surface area (Å²) < 4.78 is 0. The van der Waals surface area contributed by atoms with Crippen molar-refractivity contribution in [3.05, 3.63) is 35.0 Å². The Morgan fingerprint density at radius 1 is 1.47 bits per heavy atom. The molecule has 0 spiro atoms. The van der Waals surface area contributed by atoms with Gasteiger partial charge in [-0.15, -0.1) is 0 Å². The van der Waals surface area contributed by atoms with Crippen LogP contribution < -0.4 is 5.23 Å². The van der Waals surface area contributed by atoms with Crippen LogP contribution >= 0.6 is 0 Å². The van der Waals surface area contributed by atoms with Crippen LogP contribution in [0.25, 0.3) is 0 Å². The fraction of sp³-hybridized carbons (Fsp3) is 0.273. The maximum absolute atomic E-state index is 11.6. The van der Waals surface area contributed by atoms with E-state index in [0.717, 1.165) is 0 Å². The normalized spacial score (nSPS) is 9.53. The van der Waals surface area contributed by atoms with Gasteiger partial charge in [0.2, 0.25) is 5.91 Å². The quantitative estimate of drug-likeness (QED) is 0.617. The average molecular weight is 234 g/mol. The van der Waals surface area contributed by atoms with Gasteiger partial charge in [-0.2, -0.15) is 5.26 Å². The monoisotopic (exact) mass is 234 g/mol. The first-order valence-electron chi connectivity index (χ1n) is 4.90. The van der Waals surface area contributed by atoms with Gasteiger partial charge in [-0.1, -0.05) is 12.1 Å². The van der Waals surface area contributed by atoms with E-state index in [9.17, 15) is 10.0 Å². The van der Waals surface area contributed by atoms with Gasteiger partial charge >= 0.3 is 0 Å². The third-order valence-corrected chi connectivity index (χ3v) is 2.25. The Morgan fingerprint density at radius 2 is 2.06 bits per heavy atom. The minimum atomic E-state index is -0.243. The summed E-state index contributed by atoms with van der Waals surface area (Å²) in [5, 5.41) is 27.3. The van der Waals surface area contributed by atoms with Crippen LogP contribution in [0.5, 0.6) is 0 Å². The van der Waals surface area contributed by atoms with Crippen LogP contribution in [0.1, 0.15) is 5.56 Å². The zero-order valence-electron chi connectivity index (χ0n) is 9.33. The molecule has 17 heavy (non-hydrogen) atoms. The summed E-state index contributed by atoms with van der Waals surface area (Å²) >= 11 is 0. The second-order valence-electron chi connectivity index (χ2n) is 3.52. The molecule has 90 valence electrons. The van der Waals surface area contributed by atoms with Crippen molar-refractivity contribution in [2.45, 2.75) is 6.42 Å². The Kier molecular flexibility index (Phi) is 4.46. The van der Waals surface area contributed by atoms with Crippen LogP contribution in [0.3, 0.4) is 0 Å². The van der Waals surface area contributed by atoms with Gasteiger partial charge in [0.25, 0.3) is 0 Å². The van der Waals surface area contributed by atoms with Crippen molar-refractivity contribution in [3.8, 4) is 6.07 Å². The number of nitrogens with zero attached hydrogens (tertiary/aromatic N) is 3. The molecule has 0 aliphatic carbocycles. The third kappa shape index (κ3) is 3.75. The van der Waals surface area contributed by atoms with Crippen molar-refractivity contribution in [2.24, 2.45) is 0 Å². The Bertz CT molecular complexity index is 423. The molecule has 0 heterocycles. The van der Waals surface area contributed by atoms with Gasteiger partial charge in [0.15, 0.2) is 0 Å². The van der Waals surface area contributed by atoms with Gasteiger partial charge in [0.1, 0.15) is 6.54 Å². The molecule has 1 aromatic rings. The van der Waals surface area contributed by atoms with Crippen LogP contribution in [0, 0.1) is 16.5 Å². The summed E-state index contributed by atoms with van der Waals surface area (Å²) in [7, 11) is 1.55. The number of carbonyl (C=O) groups is 1. The molecule has 1 amide bonds. The van der Waals surface area contributed by atoms with E-state index in [1.807, 2.05) is 6.07 Å². The summed E-state index contributed by atoms with van der Waals surface area (Å²) in [6.45, 7) is 0.0435. The summed E-state index contributed by atoms with van der Waals surface area (Å²) in [6.07, 6.45) is 0.156. The Hall–Kier alpha value is -2.10. The third-order valence-electron chi connectivity index (χ3n) is 2.25. The molecule has 0 fully saturated rings. The molecule has 0 bridgehead atoms. The molecule has 0 aromatic heterocycles. The molecule has 1 aromatic carbocycles. The standard InChI is InChI=1S/C11H12N3O3/c1-13(7-6-12)11(15)8-9-2-4-10(5-3-9)14(16)17/h2-5,16H,7-8H2,1H3/q-1. The first-order valence-corrected chi connectivity index (χ1v) is 4.90. The highest BCUT2D eigenvalue weighted by Crippen LogP contribution is 2.13. The van der Waals surface area contributed by atoms with Gasteiger partial charge in [0.05, 0.1) is 18.2 Å². The van der Waals surface area contributed by atoms with E-state index in [2.05, 4.69) is 0 Å². The van der Waals surface area contributed by atoms with E-state index in [1.165, 1.54) is 17.0 Å². The first-order chi connectivity index (χ1) is 8.04. The zero-order chi connectivity index (χ0) is 12.8. The van der Waals surface area contributed by atoms with Crippen LogP contribution in [0.15, 0.2) is 24.3 Å². The molecule has 0 atom stereocenters. The van der Waals surface area contributed by atoms with Crippen LogP contribution in [-0.2, 0) is 11.2 Å². The predicted octanol–water partition coefficient (Wildman–Crippen LogP) is 0.904. The lowest BCUT2D eigenvalue weighted by atomic mass is 10.1. The number of nitriles is 1. The van der Waals surface area contributed by atoms with E-state index in [0.29, 0.717) is 5.56 Å². The molecule has 6 heteroatoms. The second-order valence-corrected chi connectivity index (χ2v) is 3.52. The summed E-state index contributed by atoms with van der Waals surface area (Å²) in [6, 6.07) is 7.87. The van der Waals surface area contributed by atoms with Gasteiger partial charge in [-0.05, 0) is 17.7 Å². The highest BCUT2D eigenvalue weighted by atomic mass is 16.8. The lowest BCUT2D eigenvalue weighted by Gasteiger charge is -2.21. The number of carbonyl (C=O) groups excluding carboxylic acids is 1. The van der Waals surface area contributed by atoms with E-state index >= 15 is 0 Å². The van der Waals surface area contributed by atoms with Crippen LogP contribution in [0.4, 0.5) is 5.69 Å². The Labute approximate surface area is 98.8 Å². The summed E-state index contributed by atoms with van der Waals surface area (Å²) in [4.78, 5) is 12.9. The number of hydrogen-bond donors (Lipinski definition) is 1. The molecule has 1 rings (SSSR count). The van der Waals surface area contributed by atoms with Crippen molar-refractivity contribution in [1.29, 1.82) is 5.26 Å². The molecule has 1 N–H and O–H groups in total. The summed E-state index contributed by atoms with van der Waals surface area (Å²) in [5.74, 6) is -0.178. The van der Waals surface area contributed by atoms with Crippen molar-refractivity contribution in [2.75, 3.05) is 18.8 Å². The molecular formula is C11H12N3O3-. The predicted molar refractivity (Wildman–Crippen MR) is 61.0 cm³/mol. The molecule has 0 saturated heterocycles. The fourth-order valence-corrected chi connectivity index (χ4v) is 1.25. The Morgan fingerprint density at radius 3 is 2.53 bits per heavy atom. The molecule has 0 saturated carbocycles. The van der Waals surface area contributed by atoms with Crippen molar-refractivity contribution < 1.29 is 10.0 Å². The summed E-state index contributed by atoms with van der Waals surface area (Å²) in [5.41, 5.74) is 0.817. The van der Waals surface area contributed by atoms with E-state index in [4.69, 9.17) is 10.5 Å². The minimum absolute atomic E-state index is 0.0435. The van der Waals surface area contributed by atoms with Crippen molar-refractivity contribution in [1.82, 2.24) is 4.90 Å². The smallest absolute Gasteiger partial charge is 0.227 e. The van der Waals surface area contributed by atoms with Crippen LogP contribution in [0.2, 0.25) is 0 Å². The maximum atomic E-state index is 11.6. The number of amides is 1. The molecule has 6 nitrogen and oxygen atoms in total. The number of rotatable bonds is 4. The lowest BCUT2D eigenvalue weighted by molar-refractivity contribution is -0.128. The number of hydrogen-bond acceptors (Lipinski definition) is 5. The number of anilines is 1. The molecule has 0 aliphatic rings. The maximum Gasteiger partial charge on any atom is 0.227 e. The molecule has 0 unspecified atom stereocenters. The zero-order valence-corrected chi connectivity index (χ0v) is 9.33. The SMILES string of the molecule is CN(CC#N)C(=O)Cc1ccc(N([O-])O)cc1. The lowest BCUT2D eigenvalue weighted by Crippen LogP contribution is -2.28. The van der Waals surface area contributed by atoms with Crippen molar-refractivity contribution >= 4 is 11.6 Å².